The van der Waals surface area contributed by atoms with Crippen molar-refractivity contribution in [2.45, 2.75) is 57.2 Å². The zero-order chi connectivity index (χ0) is 15.8. The van der Waals surface area contributed by atoms with Crippen LogP contribution in [0.1, 0.15) is 46.0 Å². The first-order chi connectivity index (χ1) is 9.92. The normalized spacial score (nSPS) is 22.6. The monoisotopic (exact) mass is 316 g/mol. The molecule has 0 aromatic rings. The summed E-state index contributed by atoms with van der Waals surface area (Å²) in [4.78, 5) is 34.0. The topological polar surface area (TPSA) is 95.5 Å². The van der Waals surface area contributed by atoms with Gasteiger partial charge in [-0.15, -0.1) is 0 Å². The Morgan fingerprint density at radius 3 is 2.62 bits per heavy atom. The minimum atomic E-state index is -0.940. The van der Waals surface area contributed by atoms with E-state index in [1.165, 1.54) is 0 Å². The molecule has 3 unspecified atom stereocenters. The van der Waals surface area contributed by atoms with E-state index in [2.05, 4.69) is 17.6 Å². The molecule has 0 radical (unpaired) electrons. The average molecular weight is 316 g/mol. The van der Waals surface area contributed by atoms with Crippen LogP contribution >= 0.6 is 11.8 Å². The van der Waals surface area contributed by atoms with Gasteiger partial charge in [-0.2, -0.15) is 11.8 Å². The predicted octanol–water partition coefficient (Wildman–Crippen LogP) is 1.99. The van der Waals surface area contributed by atoms with Crippen LogP contribution in [-0.2, 0) is 9.59 Å². The van der Waals surface area contributed by atoms with Crippen molar-refractivity contribution in [1.82, 2.24) is 10.6 Å². The number of carbonyl (C=O) groups is 3. The van der Waals surface area contributed by atoms with Gasteiger partial charge in [0.25, 0.3) is 0 Å². The Bertz CT molecular complexity index is 389. The highest BCUT2D eigenvalue weighted by Gasteiger charge is 2.28. The molecule has 1 saturated carbocycles. The van der Waals surface area contributed by atoms with E-state index in [4.69, 9.17) is 5.11 Å². The van der Waals surface area contributed by atoms with Crippen molar-refractivity contribution >= 4 is 29.7 Å². The van der Waals surface area contributed by atoms with Crippen LogP contribution in [0.5, 0.6) is 0 Å². The second kappa shape index (κ2) is 8.92. The molecule has 0 aliphatic heterocycles. The number of carboxylic acid groups (broad SMARTS) is 1. The van der Waals surface area contributed by atoms with Crippen molar-refractivity contribution in [3.63, 3.8) is 0 Å². The van der Waals surface area contributed by atoms with Crippen LogP contribution in [0.25, 0.3) is 0 Å². The van der Waals surface area contributed by atoms with Gasteiger partial charge in [-0.3, -0.25) is 14.9 Å². The van der Waals surface area contributed by atoms with Crippen molar-refractivity contribution < 1.29 is 19.5 Å². The summed E-state index contributed by atoms with van der Waals surface area (Å²) in [5.74, 6) is -0.648. The lowest BCUT2D eigenvalue weighted by molar-refractivity contribution is -0.138. The van der Waals surface area contributed by atoms with E-state index in [-0.39, 0.29) is 24.8 Å². The molecule has 0 saturated heterocycles. The van der Waals surface area contributed by atoms with Crippen molar-refractivity contribution in [3.05, 3.63) is 0 Å². The van der Waals surface area contributed by atoms with E-state index in [9.17, 15) is 14.4 Å². The first-order valence-corrected chi connectivity index (χ1v) is 8.41. The van der Waals surface area contributed by atoms with Gasteiger partial charge in [0.2, 0.25) is 5.91 Å². The number of nitrogens with one attached hydrogen (secondary N) is 2. The Kier molecular flexibility index (Phi) is 7.56. The zero-order valence-corrected chi connectivity index (χ0v) is 13.4. The minimum Gasteiger partial charge on any atom is -0.481 e. The molecule has 120 valence electrons. The largest absolute Gasteiger partial charge is 0.481 e. The lowest BCUT2D eigenvalue weighted by Crippen LogP contribution is -2.46. The standard InChI is InChI=1S/C14H24N2O4S/c1-3-21-11-6-4-5-10(11)15-14(20)16-12(17)7-9(2)8-13(18)19/h9-11H,3-8H2,1-2H3,(H,18,19)(H2,15,16,17,20). The fraction of sp³-hybridized carbons (Fsp3) is 0.786. The van der Waals surface area contributed by atoms with Crippen LogP contribution in [0.2, 0.25) is 0 Å². The number of hydrogen-bond acceptors (Lipinski definition) is 4. The number of aliphatic carboxylic acids is 1. The molecule has 0 aromatic heterocycles. The van der Waals surface area contributed by atoms with Crippen molar-refractivity contribution in [1.29, 1.82) is 0 Å². The highest BCUT2D eigenvalue weighted by Crippen LogP contribution is 2.29. The van der Waals surface area contributed by atoms with Gasteiger partial charge in [-0.25, -0.2) is 4.79 Å². The molecule has 0 heterocycles. The number of thioether (sulfide) groups is 1. The Hall–Kier alpha value is -1.24. The smallest absolute Gasteiger partial charge is 0.321 e. The summed E-state index contributed by atoms with van der Waals surface area (Å²) in [6.45, 7) is 3.77. The molecule has 0 bridgehead atoms. The third-order valence-electron chi connectivity index (χ3n) is 3.46. The van der Waals surface area contributed by atoms with Gasteiger partial charge in [0, 0.05) is 24.1 Å². The SMILES string of the molecule is CCSC1CCCC1NC(=O)NC(=O)CC(C)CC(=O)O. The first-order valence-electron chi connectivity index (χ1n) is 7.36. The summed E-state index contributed by atoms with van der Waals surface area (Å²) in [6.07, 6.45) is 3.08. The fourth-order valence-corrected chi connectivity index (χ4v) is 3.77. The van der Waals surface area contributed by atoms with E-state index in [1.54, 1.807) is 6.92 Å². The molecule has 0 aromatic carbocycles. The molecular weight excluding hydrogens is 292 g/mol. The second-order valence-corrected chi connectivity index (χ2v) is 6.98. The molecule has 3 atom stereocenters. The lowest BCUT2D eigenvalue weighted by atomic mass is 10.0. The van der Waals surface area contributed by atoms with E-state index < -0.39 is 17.9 Å². The van der Waals surface area contributed by atoms with Crippen LogP contribution in [0.15, 0.2) is 0 Å². The first kappa shape index (κ1) is 17.8. The third-order valence-corrected chi connectivity index (χ3v) is 4.79. The Labute approximate surface area is 129 Å². The number of carboxylic acids is 1. The third kappa shape index (κ3) is 6.84. The van der Waals surface area contributed by atoms with E-state index in [0.717, 1.165) is 25.0 Å². The summed E-state index contributed by atoms with van der Waals surface area (Å²) in [5, 5.41) is 14.2. The number of amides is 3. The molecule has 3 amide bonds. The summed E-state index contributed by atoms with van der Waals surface area (Å²) < 4.78 is 0. The molecule has 1 rings (SSSR count). The Morgan fingerprint density at radius 1 is 1.29 bits per heavy atom. The van der Waals surface area contributed by atoms with Crippen molar-refractivity contribution in [2.75, 3.05) is 5.75 Å². The highest BCUT2D eigenvalue weighted by molar-refractivity contribution is 7.99. The summed E-state index contributed by atoms with van der Waals surface area (Å²) in [6, 6.07) is -0.365. The minimum absolute atomic E-state index is 0.0392. The highest BCUT2D eigenvalue weighted by atomic mass is 32.2. The summed E-state index contributed by atoms with van der Waals surface area (Å²) in [5.41, 5.74) is 0. The van der Waals surface area contributed by atoms with Crippen molar-refractivity contribution in [2.24, 2.45) is 5.92 Å². The molecule has 0 spiro atoms. The van der Waals surface area contributed by atoms with Gasteiger partial charge in [-0.1, -0.05) is 20.3 Å². The van der Waals surface area contributed by atoms with Gasteiger partial charge in [-0.05, 0) is 24.5 Å². The number of carbonyl (C=O) groups excluding carboxylic acids is 2. The van der Waals surface area contributed by atoms with Crippen LogP contribution in [0, 0.1) is 5.92 Å². The number of rotatable bonds is 7. The second-order valence-electron chi connectivity index (χ2n) is 5.46. The predicted molar refractivity (Wildman–Crippen MR) is 82.3 cm³/mol. The van der Waals surface area contributed by atoms with Crippen LogP contribution in [0.3, 0.4) is 0 Å². The number of urea groups is 1. The van der Waals surface area contributed by atoms with Crippen LogP contribution in [-0.4, -0.2) is 40.1 Å². The summed E-state index contributed by atoms with van der Waals surface area (Å²) >= 11 is 1.83. The maximum absolute atomic E-state index is 11.8. The van der Waals surface area contributed by atoms with Gasteiger partial charge >= 0.3 is 12.0 Å². The van der Waals surface area contributed by atoms with Gasteiger partial charge < -0.3 is 10.4 Å². The number of imide groups is 1. The fourth-order valence-electron chi connectivity index (χ4n) is 2.57. The maximum Gasteiger partial charge on any atom is 0.321 e. The van der Waals surface area contributed by atoms with Crippen molar-refractivity contribution in [3.8, 4) is 0 Å². The van der Waals surface area contributed by atoms with Crippen LogP contribution < -0.4 is 10.6 Å². The molecule has 3 N–H and O–H groups in total. The molecule has 1 fully saturated rings. The lowest BCUT2D eigenvalue weighted by Gasteiger charge is -2.20. The Morgan fingerprint density at radius 2 is 2.00 bits per heavy atom. The van der Waals surface area contributed by atoms with Gasteiger partial charge in [0.1, 0.15) is 0 Å². The van der Waals surface area contributed by atoms with E-state index in [1.807, 2.05) is 11.8 Å². The van der Waals surface area contributed by atoms with Crippen LogP contribution in [0.4, 0.5) is 4.79 Å². The Balaban J connectivity index is 2.32. The van der Waals surface area contributed by atoms with E-state index >= 15 is 0 Å². The maximum atomic E-state index is 11.8. The molecular formula is C14H24N2O4S. The molecule has 1 aliphatic carbocycles. The van der Waals surface area contributed by atoms with Gasteiger partial charge in [0.05, 0.1) is 0 Å². The molecule has 7 heteroatoms. The zero-order valence-electron chi connectivity index (χ0n) is 12.6. The molecule has 21 heavy (non-hydrogen) atoms. The molecule has 6 nitrogen and oxygen atoms in total. The number of hydrogen-bond donors (Lipinski definition) is 3. The molecule has 1 aliphatic rings. The quantitative estimate of drug-likeness (QED) is 0.667. The van der Waals surface area contributed by atoms with E-state index in [0.29, 0.717) is 5.25 Å². The van der Waals surface area contributed by atoms with Gasteiger partial charge in [0.15, 0.2) is 0 Å². The average Bonchev–Trinajstić information content (AvgIpc) is 2.75. The summed E-state index contributed by atoms with van der Waals surface area (Å²) in [7, 11) is 0.